The van der Waals surface area contributed by atoms with Gasteiger partial charge < -0.3 is 9.64 Å². The highest BCUT2D eigenvalue weighted by Crippen LogP contribution is 2.48. The van der Waals surface area contributed by atoms with Crippen LogP contribution in [0.1, 0.15) is 40.4 Å². The Kier molecular flexibility index (Phi) is 6.69. The van der Waals surface area contributed by atoms with Gasteiger partial charge in [-0.3, -0.25) is 14.3 Å². The third kappa shape index (κ3) is 4.09. The largest absolute Gasteiger partial charge is 0.461 e. The monoisotopic (exact) mass is 491 g/mol. The summed E-state index contributed by atoms with van der Waals surface area (Å²) < 4.78 is 7.69. The molecule has 1 saturated heterocycles. The number of hydrogen-bond donors (Lipinski definition) is 0. The second-order valence-electron chi connectivity index (χ2n) is 7.48. The van der Waals surface area contributed by atoms with Crippen LogP contribution >= 0.6 is 35.1 Å². The minimum Gasteiger partial charge on any atom is -0.461 e. The molecule has 0 spiro atoms. The fourth-order valence-electron chi connectivity index (χ4n) is 3.74. The smallest absolute Gasteiger partial charge is 0.359 e. The van der Waals surface area contributed by atoms with Crippen LogP contribution in [0.15, 0.2) is 34.1 Å². The van der Waals surface area contributed by atoms with E-state index in [0.29, 0.717) is 27.4 Å². The highest BCUT2D eigenvalue weighted by atomic mass is 35.5. The number of amides is 1. The van der Waals surface area contributed by atoms with Crippen molar-refractivity contribution in [2.45, 2.75) is 19.4 Å². The van der Waals surface area contributed by atoms with Crippen molar-refractivity contribution in [2.24, 2.45) is 0 Å². The molecule has 1 fully saturated rings. The van der Waals surface area contributed by atoms with Crippen molar-refractivity contribution in [1.82, 2.24) is 14.7 Å². The Morgan fingerprint density at radius 3 is 2.47 bits per heavy atom. The molecule has 0 aliphatic carbocycles. The van der Waals surface area contributed by atoms with Gasteiger partial charge in [-0.05, 0) is 24.6 Å². The maximum Gasteiger partial charge on any atom is 0.359 e. The lowest BCUT2D eigenvalue weighted by molar-refractivity contribution is -0.129. The number of aromatic nitrogens is 2. The lowest BCUT2D eigenvalue weighted by Gasteiger charge is -2.17. The molecule has 3 heterocycles. The lowest BCUT2D eigenvalue weighted by atomic mass is 9.98. The summed E-state index contributed by atoms with van der Waals surface area (Å²) in [5.74, 6) is 0.884. The number of benzene rings is 1. The summed E-state index contributed by atoms with van der Waals surface area (Å²) in [4.78, 5) is 40.7. The van der Waals surface area contributed by atoms with Crippen LogP contribution in [-0.2, 0) is 9.53 Å². The van der Waals surface area contributed by atoms with E-state index in [1.165, 1.54) is 4.90 Å². The van der Waals surface area contributed by atoms with Crippen LogP contribution in [0.3, 0.4) is 0 Å². The van der Waals surface area contributed by atoms with E-state index in [1.54, 1.807) is 73.5 Å². The predicted octanol–water partition coefficient (Wildman–Crippen LogP) is 4.29. The molecule has 1 aromatic heterocycles. The number of Topliss-reactive ketones (excluding diaryl/α,β-unsaturated/α-hetero) is 1. The van der Waals surface area contributed by atoms with Gasteiger partial charge in [-0.25, -0.2) is 4.79 Å². The number of allylic oxidation sites excluding steroid dienone is 1. The Hall–Kier alpha value is -2.23. The summed E-state index contributed by atoms with van der Waals surface area (Å²) in [6, 6.07) is 6.32. The molecule has 10 heteroatoms. The topological polar surface area (TPSA) is 81.5 Å². The molecule has 0 radical (unpaired) electrons. The van der Waals surface area contributed by atoms with E-state index in [2.05, 4.69) is 5.10 Å². The van der Waals surface area contributed by atoms with Crippen LogP contribution in [0.2, 0.25) is 5.02 Å². The number of rotatable bonds is 5. The first kappa shape index (κ1) is 22.9. The number of carbonyl (C=O) groups excluding carboxylic acids is 3. The number of halogens is 1. The fourth-order valence-corrected chi connectivity index (χ4v) is 6.51. The molecule has 32 heavy (non-hydrogen) atoms. The molecular weight excluding hydrogens is 470 g/mol. The van der Waals surface area contributed by atoms with Gasteiger partial charge in [-0.15, -0.1) is 23.5 Å². The van der Waals surface area contributed by atoms with Crippen LogP contribution < -0.4 is 0 Å². The van der Waals surface area contributed by atoms with Crippen LogP contribution in [0.4, 0.5) is 0 Å². The summed E-state index contributed by atoms with van der Waals surface area (Å²) in [7, 11) is 3.36. The molecule has 2 aliphatic rings. The Bertz CT molecular complexity index is 1120. The first-order valence-electron chi connectivity index (χ1n) is 10.1. The molecule has 7 nitrogen and oxygen atoms in total. The first-order chi connectivity index (χ1) is 15.3. The predicted molar refractivity (Wildman–Crippen MR) is 127 cm³/mol. The van der Waals surface area contributed by atoms with E-state index in [0.717, 1.165) is 15.7 Å². The van der Waals surface area contributed by atoms with Gasteiger partial charge in [0.15, 0.2) is 5.69 Å². The first-order valence-corrected chi connectivity index (χ1v) is 12.5. The minimum atomic E-state index is -0.608. The molecule has 1 aromatic carbocycles. The Morgan fingerprint density at radius 1 is 1.22 bits per heavy atom. The van der Waals surface area contributed by atoms with E-state index in [1.807, 2.05) is 0 Å². The van der Waals surface area contributed by atoms with Gasteiger partial charge in [0, 0.05) is 46.0 Å². The van der Waals surface area contributed by atoms with Crippen LogP contribution in [0.25, 0.3) is 11.1 Å². The average Bonchev–Trinajstić information content (AvgIpc) is 3.46. The Balaban J connectivity index is 1.93. The van der Waals surface area contributed by atoms with E-state index in [4.69, 9.17) is 16.3 Å². The van der Waals surface area contributed by atoms with Crippen molar-refractivity contribution in [1.29, 1.82) is 0 Å². The summed E-state index contributed by atoms with van der Waals surface area (Å²) in [5.41, 5.74) is 2.01. The van der Waals surface area contributed by atoms with Crippen LogP contribution in [-0.4, -0.2) is 64.5 Å². The molecule has 1 amide bonds. The normalized spacial score (nSPS) is 17.6. The highest BCUT2D eigenvalue weighted by Gasteiger charge is 2.44. The van der Waals surface area contributed by atoms with Crippen molar-refractivity contribution in [3.63, 3.8) is 0 Å². The maximum absolute atomic E-state index is 13.8. The fraction of sp³-hybridized carbons (Fsp3) is 0.364. The van der Waals surface area contributed by atoms with Crippen molar-refractivity contribution >= 4 is 52.8 Å². The minimum absolute atomic E-state index is 0.0654. The molecular formula is C22H22ClN3O4S2. The average molecular weight is 492 g/mol. The molecule has 2 aliphatic heterocycles. The van der Waals surface area contributed by atoms with Crippen molar-refractivity contribution in [3.8, 4) is 11.1 Å². The van der Waals surface area contributed by atoms with Gasteiger partial charge in [-0.2, -0.15) is 5.10 Å². The standard InChI is InChI=1S/C22H22ClN3O4S2/c1-4-30-21(29)18-16(12-5-7-13(23)8-6-12)19-20(28)17(22-31-9-10-32-22)14(26(19)24-18)11-15(27)25(2)3/h5-8,14H,4,9-11H2,1-3H3. The third-order valence-electron chi connectivity index (χ3n) is 5.24. The van der Waals surface area contributed by atoms with Gasteiger partial charge in [-0.1, -0.05) is 23.7 Å². The summed E-state index contributed by atoms with van der Waals surface area (Å²) >= 11 is 9.31. The van der Waals surface area contributed by atoms with E-state index >= 15 is 0 Å². The maximum atomic E-state index is 13.8. The number of nitrogens with zero attached hydrogens (tertiary/aromatic N) is 3. The number of carbonyl (C=O) groups is 3. The molecule has 0 N–H and O–H groups in total. The van der Waals surface area contributed by atoms with Gasteiger partial charge >= 0.3 is 5.97 Å². The zero-order valence-electron chi connectivity index (χ0n) is 17.9. The molecule has 1 atom stereocenters. The summed E-state index contributed by atoms with van der Waals surface area (Å²) in [6.07, 6.45) is 0.0791. The zero-order chi connectivity index (χ0) is 23.0. The van der Waals surface area contributed by atoms with Crippen molar-refractivity contribution in [3.05, 3.63) is 50.5 Å². The molecule has 0 bridgehead atoms. The van der Waals surface area contributed by atoms with E-state index in [9.17, 15) is 14.4 Å². The number of thioether (sulfide) groups is 2. The number of ether oxygens (including phenoxy) is 1. The SMILES string of the molecule is CCOC(=O)c1nn2c(c1-c1ccc(Cl)cc1)C(=O)C(=C1SCCS1)C2CC(=O)N(C)C. The summed E-state index contributed by atoms with van der Waals surface area (Å²) in [6.45, 7) is 1.89. The summed E-state index contributed by atoms with van der Waals surface area (Å²) in [5, 5.41) is 5.08. The van der Waals surface area contributed by atoms with Crippen molar-refractivity contribution < 1.29 is 19.1 Å². The van der Waals surface area contributed by atoms with E-state index < -0.39 is 12.0 Å². The molecule has 2 aromatic rings. The van der Waals surface area contributed by atoms with Crippen LogP contribution in [0.5, 0.6) is 0 Å². The van der Waals surface area contributed by atoms with Gasteiger partial charge in [0.05, 0.1) is 19.1 Å². The lowest BCUT2D eigenvalue weighted by Crippen LogP contribution is -2.26. The second kappa shape index (κ2) is 9.33. The number of ketones is 1. The zero-order valence-corrected chi connectivity index (χ0v) is 20.3. The van der Waals surface area contributed by atoms with Gasteiger partial charge in [0.25, 0.3) is 0 Å². The number of fused-ring (bicyclic) bond motifs is 1. The van der Waals surface area contributed by atoms with Gasteiger partial charge in [0.2, 0.25) is 11.7 Å². The molecule has 0 saturated carbocycles. The quantitative estimate of drug-likeness (QED) is 0.456. The highest BCUT2D eigenvalue weighted by molar-refractivity contribution is 8.25. The van der Waals surface area contributed by atoms with E-state index in [-0.39, 0.29) is 30.4 Å². The van der Waals surface area contributed by atoms with Crippen molar-refractivity contribution in [2.75, 3.05) is 32.2 Å². The molecule has 168 valence electrons. The Morgan fingerprint density at radius 2 is 1.88 bits per heavy atom. The Labute approximate surface area is 199 Å². The number of esters is 1. The number of hydrogen-bond acceptors (Lipinski definition) is 7. The van der Waals surface area contributed by atoms with Gasteiger partial charge in [0.1, 0.15) is 5.69 Å². The second-order valence-corrected chi connectivity index (χ2v) is 10.4. The third-order valence-corrected chi connectivity index (χ3v) is 8.23. The molecule has 4 rings (SSSR count). The molecule has 1 unspecified atom stereocenters. The van der Waals surface area contributed by atoms with Crippen LogP contribution in [0, 0.1) is 0 Å².